The molecule has 0 saturated heterocycles. The van der Waals surface area contributed by atoms with E-state index in [4.69, 9.17) is 9.47 Å². The first kappa shape index (κ1) is 26.4. The van der Waals surface area contributed by atoms with Gasteiger partial charge in [-0.2, -0.15) is 0 Å². The van der Waals surface area contributed by atoms with Crippen LogP contribution in [0.5, 0.6) is 11.5 Å². The van der Waals surface area contributed by atoms with Crippen molar-refractivity contribution < 1.29 is 19.4 Å². The SMILES string of the molecule is CCC/C=C/C(=O)CCc1cc(OC2CCCC2)c(O)c([C@H](CCOC)CCC(C)C)c1. The predicted octanol–water partition coefficient (Wildman–Crippen LogP) is 7.13. The van der Waals surface area contributed by atoms with E-state index >= 15 is 0 Å². The first-order valence-electron chi connectivity index (χ1n) is 12.6. The van der Waals surface area contributed by atoms with Crippen LogP contribution in [0, 0.1) is 5.92 Å². The second kappa shape index (κ2) is 14.4. The van der Waals surface area contributed by atoms with E-state index in [0.717, 1.165) is 56.1 Å². The van der Waals surface area contributed by atoms with Crippen LogP contribution in [0.25, 0.3) is 0 Å². The van der Waals surface area contributed by atoms with Crippen LogP contribution in [0.1, 0.15) is 102 Å². The van der Waals surface area contributed by atoms with Gasteiger partial charge in [-0.25, -0.2) is 0 Å². The summed E-state index contributed by atoms with van der Waals surface area (Å²) in [6.45, 7) is 7.23. The van der Waals surface area contributed by atoms with E-state index in [1.807, 2.05) is 12.1 Å². The van der Waals surface area contributed by atoms with E-state index in [1.54, 1.807) is 13.2 Å². The maximum absolute atomic E-state index is 12.3. The Kier molecular flexibility index (Phi) is 11.9. The number of unbranched alkanes of at least 4 members (excludes halogenated alkanes) is 1. The van der Waals surface area contributed by atoms with Crippen molar-refractivity contribution in [3.05, 3.63) is 35.4 Å². The number of methoxy groups -OCH3 is 1. The van der Waals surface area contributed by atoms with Gasteiger partial charge < -0.3 is 14.6 Å². The Bertz CT molecular complexity index is 716. The first-order chi connectivity index (χ1) is 15.4. The quantitative estimate of drug-likeness (QED) is 0.292. The number of phenolic OH excluding ortho intramolecular Hbond substituents is 1. The van der Waals surface area contributed by atoms with Gasteiger partial charge in [0.1, 0.15) is 0 Å². The number of carbonyl (C=O) groups is 1. The minimum absolute atomic E-state index is 0.155. The summed E-state index contributed by atoms with van der Waals surface area (Å²) in [7, 11) is 1.72. The topological polar surface area (TPSA) is 55.8 Å². The Morgan fingerprint density at radius 1 is 1.19 bits per heavy atom. The van der Waals surface area contributed by atoms with Gasteiger partial charge in [0.15, 0.2) is 17.3 Å². The zero-order valence-electron chi connectivity index (χ0n) is 20.7. The van der Waals surface area contributed by atoms with Crippen LogP contribution in [0.15, 0.2) is 24.3 Å². The molecule has 1 atom stereocenters. The summed E-state index contributed by atoms with van der Waals surface area (Å²) < 4.78 is 11.6. The van der Waals surface area contributed by atoms with Crippen LogP contribution in [0.2, 0.25) is 0 Å². The van der Waals surface area contributed by atoms with Gasteiger partial charge in [0, 0.05) is 25.7 Å². The Labute approximate surface area is 195 Å². The van der Waals surface area contributed by atoms with Crippen molar-refractivity contribution in [3.63, 3.8) is 0 Å². The number of hydrogen-bond acceptors (Lipinski definition) is 4. The van der Waals surface area contributed by atoms with E-state index < -0.39 is 0 Å². The Balaban J connectivity index is 2.27. The fourth-order valence-electron chi connectivity index (χ4n) is 4.40. The molecule has 1 N–H and O–H groups in total. The Morgan fingerprint density at radius 3 is 2.59 bits per heavy atom. The van der Waals surface area contributed by atoms with E-state index in [2.05, 4.69) is 26.8 Å². The van der Waals surface area contributed by atoms with Crippen molar-refractivity contribution in [2.24, 2.45) is 5.92 Å². The third-order valence-electron chi connectivity index (χ3n) is 6.38. The van der Waals surface area contributed by atoms with Crippen molar-refractivity contribution in [2.45, 2.75) is 103 Å². The third-order valence-corrected chi connectivity index (χ3v) is 6.38. The number of rotatable bonds is 15. The Morgan fingerprint density at radius 2 is 1.94 bits per heavy atom. The molecule has 1 aromatic carbocycles. The van der Waals surface area contributed by atoms with Crippen molar-refractivity contribution in [1.82, 2.24) is 0 Å². The average molecular weight is 445 g/mol. The van der Waals surface area contributed by atoms with E-state index in [-0.39, 0.29) is 23.6 Å². The van der Waals surface area contributed by atoms with Gasteiger partial charge >= 0.3 is 0 Å². The smallest absolute Gasteiger partial charge is 0.161 e. The van der Waals surface area contributed by atoms with Gasteiger partial charge in [0.05, 0.1) is 6.10 Å². The summed E-state index contributed by atoms with van der Waals surface area (Å²) in [5, 5.41) is 11.2. The number of hydrogen-bond donors (Lipinski definition) is 1. The lowest BCUT2D eigenvalue weighted by Gasteiger charge is -2.23. The van der Waals surface area contributed by atoms with E-state index in [0.29, 0.717) is 31.1 Å². The second-order valence-electron chi connectivity index (χ2n) is 9.66. The van der Waals surface area contributed by atoms with Crippen LogP contribution in [0.3, 0.4) is 0 Å². The average Bonchev–Trinajstić information content (AvgIpc) is 3.27. The Hall–Kier alpha value is -1.81. The molecule has 0 heterocycles. The molecular weight excluding hydrogens is 400 g/mol. The molecule has 1 aliphatic rings. The molecule has 0 aliphatic heterocycles. The summed E-state index contributed by atoms with van der Waals surface area (Å²) in [4.78, 5) is 12.3. The lowest BCUT2D eigenvalue weighted by molar-refractivity contribution is -0.114. The first-order valence-corrected chi connectivity index (χ1v) is 12.6. The monoisotopic (exact) mass is 444 g/mol. The van der Waals surface area contributed by atoms with Crippen molar-refractivity contribution in [1.29, 1.82) is 0 Å². The molecule has 180 valence electrons. The number of ketones is 1. The normalized spacial score (nSPS) is 15.7. The number of aryl methyl sites for hydroxylation is 1. The van der Waals surface area contributed by atoms with Gasteiger partial charge in [-0.15, -0.1) is 0 Å². The zero-order chi connectivity index (χ0) is 23.3. The number of benzene rings is 1. The maximum Gasteiger partial charge on any atom is 0.161 e. The fourth-order valence-corrected chi connectivity index (χ4v) is 4.40. The summed E-state index contributed by atoms with van der Waals surface area (Å²) in [5.74, 6) is 1.84. The molecule has 0 aromatic heterocycles. The molecule has 0 unspecified atom stereocenters. The van der Waals surface area contributed by atoms with Crippen LogP contribution in [-0.4, -0.2) is 30.7 Å². The van der Waals surface area contributed by atoms with Crippen LogP contribution in [0.4, 0.5) is 0 Å². The summed E-state index contributed by atoms with van der Waals surface area (Å²) in [6, 6.07) is 4.05. The number of carbonyl (C=O) groups excluding carboxylic acids is 1. The van der Waals surface area contributed by atoms with Gasteiger partial charge in [0.25, 0.3) is 0 Å². The molecule has 4 heteroatoms. The summed E-state index contributed by atoms with van der Waals surface area (Å²) >= 11 is 0. The highest BCUT2D eigenvalue weighted by molar-refractivity contribution is 5.89. The van der Waals surface area contributed by atoms with Crippen LogP contribution >= 0.6 is 0 Å². The van der Waals surface area contributed by atoms with Gasteiger partial charge in [-0.3, -0.25) is 4.79 Å². The molecule has 1 aliphatic carbocycles. The lowest BCUT2D eigenvalue weighted by Crippen LogP contribution is -2.13. The third kappa shape index (κ3) is 8.97. The molecule has 0 amide bonds. The number of allylic oxidation sites excluding steroid dienone is 2. The maximum atomic E-state index is 12.3. The predicted molar refractivity (Wildman–Crippen MR) is 132 cm³/mol. The number of phenols is 1. The minimum Gasteiger partial charge on any atom is -0.504 e. The highest BCUT2D eigenvalue weighted by Gasteiger charge is 2.23. The summed E-state index contributed by atoms with van der Waals surface area (Å²) in [5.41, 5.74) is 2.01. The van der Waals surface area contributed by atoms with Gasteiger partial charge in [-0.1, -0.05) is 45.8 Å². The highest BCUT2D eigenvalue weighted by Crippen LogP contribution is 2.41. The number of aromatic hydroxyl groups is 1. The minimum atomic E-state index is 0.155. The fraction of sp³-hybridized carbons (Fsp3) is 0.679. The molecule has 4 nitrogen and oxygen atoms in total. The summed E-state index contributed by atoms with van der Waals surface area (Å²) in [6.07, 6.45) is 14.4. The molecular formula is C28H44O4. The molecule has 32 heavy (non-hydrogen) atoms. The van der Waals surface area contributed by atoms with E-state index in [9.17, 15) is 9.90 Å². The molecule has 0 bridgehead atoms. The number of ether oxygens (including phenoxy) is 2. The molecule has 0 radical (unpaired) electrons. The molecule has 0 spiro atoms. The highest BCUT2D eigenvalue weighted by atomic mass is 16.5. The standard InChI is InChI=1S/C28H44O4/c1-5-6-7-10-24(29)16-14-22-19-26(23(17-18-31-4)15-13-21(2)3)28(30)27(20-22)32-25-11-8-9-12-25/h7,10,19-21,23,25,30H,5-6,8-9,11-18H2,1-4H3/b10-7+/t23-/m0/s1. The van der Waals surface area contributed by atoms with Crippen molar-refractivity contribution in [3.8, 4) is 11.5 Å². The van der Waals surface area contributed by atoms with Crippen LogP contribution in [-0.2, 0) is 16.0 Å². The van der Waals surface area contributed by atoms with E-state index in [1.165, 1.54) is 12.8 Å². The largest absolute Gasteiger partial charge is 0.504 e. The van der Waals surface area contributed by atoms with Crippen molar-refractivity contribution >= 4 is 5.78 Å². The zero-order valence-corrected chi connectivity index (χ0v) is 20.7. The molecule has 1 aromatic rings. The second-order valence-corrected chi connectivity index (χ2v) is 9.66. The molecule has 1 fully saturated rings. The van der Waals surface area contributed by atoms with Gasteiger partial charge in [-0.05, 0) is 80.9 Å². The molecule has 1 saturated carbocycles. The van der Waals surface area contributed by atoms with Crippen molar-refractivity contribution in [2.75, 3.05) is 13.7 Å². The molecule has 2 rings (SSSR count). The van der Waals surface area contributed by atoms with Gasteiger partial charge in [0.2, 0.25) is 0 Å². The van der Waals surface area contributed by atoms with Crippen LogP contribution < -0.4 is 4.74 Å². The lowest BCUT2D eigenvalue weighted by atomic mass is 9.86.